The fraction of sp³-hybridized carbons (Fsp3) is 0.118. The predicted molar refractivity (Wildman–Crippen MR) is 94.2 cm³/mol. The van der Waals surface area contributed by atoms with Gasteiger partial charge in [-0.05, 0) is 24.3 Å². The zero-order chi connectivity index (χ0) is 19.4. The van der Waals surface area contributed by atoms with Crippen molar-refractivity contribution in [3.05, 3.63) is 59.9 Å². The van der Waals surface area contributed by atoms with E-state index in [0.29, 0.717) is 5.56 Å². The van der Waals surface area contributed by atoms with Gasteiger partial charge in [0, 0.05) is 5.56 Å². The lowest BCUT2D eigenvalue weighted by Gasteiger charge is -2.06. The van der Waals surface area contributed by atoms with Crippen molar-refractivity contribution in [1.82, 2.24) is 4.72 Å². The van der Waals surface area contributed by atoms with E-state index in [9.17, 15) is 22.4 Å². The number of carbonyl (C=O) groups is 2. The van der Waals surface area contributed by atoms with Crippen molar-refractivity contribution in [2.75, 3.05) is 18.5 Å². The molecule has 1 amide bonds. The number of halogens is 1. The van der Waals surface area contributed by atoms with Gasteiger partial charge < -0.3 is 10.1 Å². The zero-order valence-corrected chi connectivity index (χ0v) is 14.6. The number of hydrogen-bond acceptors (Lipinski definition) is 6. The summed E-state index contributed by atoms with van der Waals surface area (Å²) in [6.45, 7) is -1.11. The first-order valence-corrected chi connectivity index (χ1v) is 9.22. The fourth-order valence-corrected chi connectivity index (χ4v) is 3.59. The van der Waals surface area contributed by atoms with Crippen LogP contribution in [0.4, 0.5) is 10.1 Å². The summed E-state index contributed by atoms with van der Waals surface area (Å²) >= 11 is 0. The highest BCUT2D eigenvalue weighted by atomic mass is 32.2. The van der Waals surface area contributed by atoms with Gasteiger partial charge in [0.2, 0.25) is 0 Å². The van der Waals surface area contributed by atoms with Crippen LogP contribution in [0.3, 0.4) is 0 Å². The molecule has 0 atom stereocenters. The number of ether oxygens (including phenoxy) is 1. The van der Waals surface area contributed by atoms with E-state index >= 15 is 0 Å². The molecule has 2 aromatic carbocycles. The molecule has 10 heteroatoms. The maximum atomic E-state index is 13.4. The molecule has 1 heterocycles. The van der Waals surface area contributed by atoms with Crippen LogP contribution in [0.5, 0.6) is 0 Å². The minimum absolute atomic E-state index is 0.0263. The standard InChI is InChI=1S/C17H14FN3O5S/c18-12-6-2-3-7-13(12)20-15(22)10-26-16(23)9-19-17-11-5-1-4-8-14(11)27(24,25)21-17/h1-8H,9-10H2,(H,19,21)(H,20,22). The van der Waals surface area contributed by atoms with Crippen molar-refractivity contribution < 1.29 is 27.1 Å². The van der Waals surface area contributed by atoms with Gasteiger partial charge in [-0.3, -0.25) is 19.3 Å². The topological polar surface area (TPSA) is 114 Å². The third-order valence-electron chi connectivity index (χ3n) is 3.54. The third-order valence-corrected chi connectivity index (χ3v) is 4.94. The molecule has 0 aliphatic carbocycles. The van der Waals surface area contributed by atoms with Crippen LogP contribution in [0.1, 0.15) is 5.56 Å². The van der Waals surface area contributed by atoms with E-state index in [1.165, 1.54) is 24.3 Å². The summed E-state index contributed by atoms with van der Waals surface area (Å²) in [5.74, 6) is -2.14. The molecular weight excluding hydrogens is 377 g/mol. The van der Waals surface area contributed by atoms with Crippen LogP contribution in [0.25, 0.3) is 0 Å². The van der Waals surface area contributed by atoms with Gasteiger partial charge in [0.25, 0.3) is 15.9 Å². The lowest BCUT2D eigenvalue weighted by atomic mass is 10.2. The van der Waals surface area contributed by atoms with Gasteiger partial charge in [0.15, 0.2) is 6.61 Å². The van der Waals surface area contributed by atoms with Gasteiger partial charge in [-0.2, -0.15) is 0 Å². The highest BCUT2D eigenvalue weighted by Crippen LogP contribution is 2.22. The molecule has 0 bridgehead atoms. The number of amidine groups is 1. The summed E-state index contributed by atoms with van der Waals surface area (Å²) in [6, 6.07) is 11.7. The molecule has 1 aliphatic heterocycles. The normalized spacial score (nSPS) is 15.7. The molecule has 1 aliphatic rings. The van der Waals surface area contributed by atoms with Crippen molar-refractivity contribution in [2.24, 2.45) is 4.99 Å². The number of para-hydroxylation sites is 1. The summed E-state index contributed by atoms with van der Waals surface area (Å²) in [4.78, 5) is 27.4. The maximum Gasteiger partial charge on any atom is 0.328 e. The summed E-state index contributed by atoms with van der Waals surface area (Å²) in [7, 11) is -3.70. The van der Waals surface area contributed by atoms with Gasteiger partial charge in [0.1, 0.15) is 18.2 Å². The highest BCUT2D eigenvalue weighted by Gasteiger charge is 2.30. The van der Waals surface area contributed by atoms with E-state index < -0.39 is 40.9 Å². The fourth-order valence-electron chi connectivity index (χ4n) is 2.34. The van der Waals surface area contributed by atoms with Gasteiger partial charge in [-0.25, -0.2) is 12.8 Å². The number of benzene rings is 2. The van der Waals surface area contributed by atoms with Crippen LogP contribution in [0.15, 0.2) is 58.4 Å². The van der Waals surface area contributed by atoms with Crippen LogP contribution < -0.4 is 10.0 Å². The molecule has 27 heavy (non-hydrogen) atoms. The van der Waals surface area contributed by atoms with Crippen molar-refractivity contribution in [1.29, 1.82) is 0 Å². The molecule has 3 rings (SSSR count). The quantitative estimate of drug-likeness (QED) is 0.740. The van der Waals surface area contributed by atoms with E-state index in [1.54, 1.807) is 24.3 Å². The van der Waals surface area contributed by atoms with Crippen molar-refractivity contribution in [3.8, 4) is 0 Å². The van der Waals surface area contributed by atoms with Gasteiger partial charge in [0.05, 0.1) is 10.6 Å². The average Bonchev–Trinajstić information content (AvgIpc) is 2.91. The molecule has 0 aromatic heterocycles. The Morgan fingerprint density at radius 2 is 1.81 bits per heavy atom. The molecule has 140 valence electrons. The second-order valence-corrected chi connectivity index (χ2v) is 7.11. The minimum Gasteiger partial charge on any atom is -0.454 e. The van der Waals surface area contributed by atoms with E-state index in [-0.39, 0.29) is 16.4 Å². The first-order chi connectivity index (χ1) is 12.9. The minimum atomic E-state index is -3.70. The van der Waals surface area contributed by atoms with Crippen molar-refractivity contribution in [3.63, 3.8) is 0 Å². The van der Waals surface area contributed by atoms with E-state index in [4.69, 9.17) is 4.74 Å². The Morgan fingerprint density at radius 3 is 2.59 bits per heavy atom. The van der Waals surface area contributed by atoms with Gasteiger partial charge in [-0.15, -0.1) is 0 Å². The Hall–Kier alpha value is -3.27. The molecular formula is C17H14FN3O5S. The van der Waals surface area contributed by atoms with E-state index in [2.05, 4.69) is 15.0 Å². The largest absolute Gasteiger partial charge is 0.454 e. The van der Waals surface area contributed by atoms with Crippen LogP contribution in [-0.2, 0) is 24.3 Å². The number of nitrogens with zero attached hydrogens (tertiary/aromatic N) is 1. The number of anilines is 1. The molecule has 0 spiro atoms. The first kappa shape index (κ1) is 18.5. The number of hydrogen-bond donors (Lipinski definition) is 2. The molecule has 0 saturated carbocycles. The van der Waals surface area contributed by atoms with E-state index in [1.807, 2.05) is 0 Å². The summed E-state index contributed by atoms with van der Waals surface area (Å²) in [5, 5.41) is 2.27. The average molecular weight is 391 g/mol. The molecule has 0 radical (unpaired) electrons. The number of esters is 1. The molecule has 8 nitrogen and oxygen atoms in total. The Bertz CT molecular complexity index is 1040. The summed E-state index contributed by atoms with van der Waals surface area (Å²) in [5.41, 5.74) is 0.318. The lowest BCUT2D eigenvalue weighted by Crippen LogP contribution is -2.25. The van der Waals surface area contributed by atoms with Crippen LogP contribution >= 0.6 is 0 Å². The Balaban J connectivity index is 1.55. The first-order valence-electron chi connectivity index (χ1n) is 7.73. The molecule has 0 saturated heterocycles. The number of sulfonamides is 1. The molecule has 0 fully saturated rings. The maximum absolute atomic E-state index is 13.4. The lowest BCUT2D eigenvalue weighted by molar-refractivity contribution is -0.145. The summed E-state index contributed by atoms with van der Waals surface area (Å²) < 4.78 is 44.3. The van der Waals surface area contributed by atoms with Gasteiger partial charge in [-0.1, -0.05) is 24.3 Å². The number of carbonyl (C=O) groups excluding carboxylic acids is 2. The molecule has 2 N–H and O–H groups in total. The molecule has 2 aromatic rings. The zero-order valence-electron chi connectivity index (χ0n) is 13.8. The number of nitrogens with one attached hydrogen (secondary N) is 2. The van der Waals surface area contributed by atoms with E-state index in [0.717, 1.165) is 0 Å². The smallest absolute Gasteiger partial charge is 0.328 e. The Kier molecular flexibility index (Phi) is 5.17. The Labute approximate surface area is 154 Å². The monoisotopic (exact) mass is 391 g/mol. The van der Waals surface area contributed by atoms with Crippen LogP contribution in [0, 0.1) is 5.82 Å². The third kappa shape index (κ3) is 4.29. The summed E-state index contributed by atoms with van der Waals surface area (Å²) in [6.07, 6.45) is 0. The number of amides is 1. The molecule has 0 unspecified atom stereocenters. The Morgan fingerprint density at radius 1 is 1.11 bits per heavy atom. The second-order valence-electron chi connectivity index (χ2n) is 5.46. The number of rotatable bonds is 5. The predicted octanol–water partition coefficient (Wildman–Crippen LogP) is 1.05. The van der Waals surface area contributed by atoms with Gasteiger partial charge >= 0.3 is 5.97 Å². The second kappa shape index (κ2) is 7.54. The highest BCUT2D eigenvalue weighted by molar-refractivity contribution is 7.90. The number of fused-ring (bicyclic) bond motifs is 1. The number of aliphatic imine (C=N–C) groups is 1. The SMILES string of the molecule is O=C(COC(=O)CN=C1NS(=O)(=O)c2ccccc21)Nc1ccccc1F. The van der Waals surface area contributed by atoms with Crippen molar-refractivity contribution in [2.45, 2.75) is 4.90 Å². The van der Waals surface area contributed by atoms with Crippen LogP contribution in [0.2, 0.25) is 0 Å². The van der Waals surface area contributed by atoms with Crippen molar-refractivity contribution >= 4 is 33.4 Å². The van der Waals surface area contributed by atoms with Crippen LogP contribution in [-0.4, -0.2) is 39.3 Å².